The van der Waals surface area contributed by atoms with Crippen molar-refractivity contribution in [1.29, 1.82) is 0 Å². The van der Waals surface area contributed by atoms with E-state index in [1.165, 1.54) is 5.69 Å². The summed E-state index contributed by atoms with van der Waals surface area (Å²) in [5, 5.41) is 2.01. The van der Waals surface area contributed by atoms with Gasteiger partial charge in [0.2, 0.25) is 5.91 Å². The van der Waals surface area contributed by atoms with Crippen LogP contribution in [-0.2, 0) is 11.3 Å². The second-order valence-electron chi connectivity index (χ2n) is 4.68. The van der Waals surface area contributed by atoms with Crippen LogP contribution < -0.4 is 0 Å². The van der Waals surface area contributed by atoms with E-state index in [0.717, 1.165) is 18.0 Å². The average Bonchev–Trinajstić information content (AvgIpc) is 3.07. The van der Waals surface area contributed by atoms with Gasteiger partial charge in [0.1, 0.15) is 0 Å². The first-order valence-corrected chi connectivity index (χ1v) is 7.31. The van der Waals surface area contributed by atoms with Crippen LogP contribution in [0, 0.1) is 0 Å². The number of nitrogens with zero attached hydrogens (tertiary/aromatic N) is 2. The molecule has 2 aromatic rings. The normalized spacial score (nSPS) is 18.8. The molecule has 2 aromatic heterocycles. The molecule has 0 saturated carbocycles. The van der Waals surface area contributed by atoms with E-state index >= 15 is 0 Å². The van der Waals surface area contributed by atoms with Crippen LogP contribution in [0.5, 0.6) is 0 Å². The Kier molecular flexibility index (Phi) is 3.25. The highest BCUT2D eigenvalue weighted by molar-refractivity contribution is 7.10. The average molecular weight is 272 g/mol. The molecule has 98 valence electrons. The third-order valence-corrected chi connectivity index (χ3v) is 4.40. The van der Waals surface area contributed by atoms with Crippen LogP contribution in [0.4, 0.5) is 0 Å². The monoisotopic (exact) mass is 272 g/mol. The van der Waals surface area contributed by atoms with Crippen molar-refractivity contribution >= 4 is 23.3 Å². The molecule has 19 heavy (non-hydrogen) atoms. The highest BCUT2D eigenvalue weighted by Crippen LogP contribution is 2.25. The number of thiophene rings is 1. The maximum absolute atomic E-state index is 12.3. The van der Waals surface area contributed by atoms with Gasteiger partial charge in [-0.2, -0.15) is 0 Å². The number of fused-ring (bicyclic) bond motifs is 1. The third kappa shape index (κ3) is 2.36. The van der Waals surface area contributed by atoms with Gasteiger partial charge in [0, 0.05) is 35.9 Å². The summed E-state index contributed by atoms with van der Waals surface area (Å²) in [5.41, 5.74) is 1.21. The number of hydrogen-bond donors (Lipinski definition) is 0. The maximum Gasteiger partial charge on any atom is 0.247 e. The van der Waals surface area contributed by atoms with Gasteiger partial charge >= 0.3 is 0 Å². The molecule has 1 amide bonds. The number of hydrogen-bond acceptors (Lipinski definition) is 2. The summed E-state index contributed by atoms with van der Waals surface area (Å²) in [5.74, 6) is 0.0911. The molecule has 1 atom stereocenters. The molecule has 4 heteroatoms. The molecular formula is C15H16N2OS. The first-order valence-electron chi connectivity index (χ1n) is 6.43. The zero-order chi connectivity index (χ0) is 13.2. The number of carbonyl (C=O) groups excluding carboxylic acids is 1. The zero-order valence-corrected chi connectivity index (χ0v) is 11.6. The molecule has 3 nitrogen and oxygen atoms in total. The Morgan fingerprint density at radius 2 is 2.26 bits per heavy atom. The Labute approximate surface area is 116 Å². The van der Waals surface area contributed by atoms with E-state index < -0.39 is 0 Å². The molecule has 0 unspecified atom stereocenters. The van der Waals surface area contributed by atoms with Crippen LogP contribution in [-0.4, -0.2) is 21.9 Å². The van der Waals surface area contributed by atoms with E-state index in [2.05, 4.69) is 23.8 Å². The summed E-state index contributed by atoms with van der Waals surface area (Å²) >= 11 is 1.64. The molecule has 0 N–H and O–H groups in total. The molecule has 0 bridgehead atoms. The fourth-order valence-electron chi connectivity index (χ4n) is 2.52. The van der Waals surface area contributed by atoms with Crippen molar-refractivity contribution in [3.63, 3.8) is 0 Å². The van der Waals surface area contributed by atoms with Crippen molar-refractivity contribution in [2.45, 2.75) is 19.5 Å². The topological polar surface area (TPSA) is 25.2 Å². The van der Waals surface area contributed by atoms with E-state index in [0.29, 0.717) is 0 Å². The summed E-state index contributed by atoms with van der Waals surface area (Å²) in [6.07, 6.45) is 5.66. The Morgan fingerprint density at radius 1 is 1.37 bits per heavy atom. The van der Waals surface area contributed by atoms with Gasteiger partial charge in [-0.15, -0.1) is 11.3 Å². The molecule has 0 aromatic carbocycles. The zero-order valence-electron chi connectivity index (χ0n) is 10.8. The largest absolute Gasteiger partial charge is 0.348 e. The fraction of sp³-hybridized carbons (Fsp3) is 0.267. The van der Waals surface area contributed by atoms with Gasteiger partial charge in [-0.1, -0.05) is 6.07 Å². The second kappa shape index (κ2) is 5.05. The molecular weight excluding hydrogens is 256 g/mol. The van der Waals surface area contributed by atoms with Crippen molar-refractivity contribution in [3.8, 4) is 0 Å². The van der Waals surface area contributed by atoms with Crippen LogP contribution >= 0.6 is 11.3 Å². The van der Waals surface area contributed by atoms with Crippen molar-refractivity contribution in [1.82, 2.24) is 9.47 Å². The van der Waals surface area contributed by atoms with Crippen LogP contribution in [0.15, 0.2) is 41.9 Å². The predicted molar refractivity (Wildman–Crippen MR) is 77.9 cm³/mol. The number of rotatable bonds is 2. The maximum atomic E-state index is 12.3. The van der Waals surface area contributed by atoms with Gasteiger partial charge in [0.25, 0.3) is 0 Å². The lowest BCUT2D eigenvalue weighted by Crippen LogP contribution is -2.39. The molecule has 1 aliphatic heterocycles. The van der Waals surface area contributed by atoms with E-state index in [1.54, 1.807) is 17.4 Å². The van der Waals surface area contributed by atoms with Gasteiger partial charge in [-0.25, -0.2) is 0 Å². The van der Waals surface area contributed by atoms with E-state index in [1.807, 2.05) is 34.6 Å². The highest BCUT2D eigenvalue weighted by Gasteiger charge is 2.25. The predicted octanol–water partition coefficient (Wildman–Crippen LogP) is 3.17. The van der Waals surface area contributed by atoms with E-state index in [-0.39, 0.29) is 11.9 Å². The quantitative estimate of drug-likeness (QED) is 0.771. The standard InChI is InChI=1S/C15H16N2OS/c1-12-14-5-2-8-16(14)9-10-17(12)15(18)7-6-13-4-3-11-19-13/h2-8,11-12H,9-10H2,1H3/b7-6+/t12-/m0/s1. The Morgan fingerprint density at radius 3 is 3.05 bits per heavy atom. The first-order chi connectivity index (χ1) is 9.25. The van der Waals surface area contributed by atoms with Crippen molar-refractivity contribution in [3.05, 3.63) is 52.5 Å². The van der Waals surface area contributed by atoms with Crippen LogP contribution in [0.1, 0.15) is 23.5 Å². The lowest BCUT2D eigenvalue weighted by Gasteiger charge is -2.34. The number of carbonyl (C=O) groups is 1. The van der Waals surface area contributed by atoms with E-state index in [9.17, 15) is 4.79 Å². The van der Waals surface area contributed by atoms with Gasteiger partial charge in [-0.05, 0) is 36.6 Å². The summed E-state index contributed by atoms with van der Waals surface area (Å²) < 4.78 is 2.22. The molecule has 0 saturated heterocycles. The van der Waals surface area contributed by atoms with Gasteiger partial charge in [-0.3, -0.25) is 4.79 Å². The highest BCUT2D eigenvalue weighted by atomic mass is 32.1. The van der Waals surface area contributed by atoms with Crippen molar-refractivity contribution < 1.29 is 4.79 Å². The van der Waals surface area contributed by atoms with Gasteiger partial charge in [0.05, 0.1) is 6.04 Å². The van der Waals surface area contributed by atoms with Crippen LogP contribution in [0.25, 0.3) is 6.08 Å². The SMILES string of the molecule is C[C@H]1c2cccn2CCN1C(=O)/C=C/c1cccs1. The van der Waals surface area contributed by atoms with E-state index in [4.69, 9.17) is 0 Å². The van der Waals surface area contributed by atoms with Gasteiger partial charge in [0.15, 0.2) is 0 Å². The number of amides is 1. The molecule has 0 aliphatic carbocycles. The molecule has 0 spiro atoms. The van der Waals surface area contributed by atoms with Crippen molar-refractivity contribution in [2.75, 3.05) is 6.54 Å². The third-order valence-electron chi connectivity index (χ3n) is 3.56. The van der Waals surface area contributed by atoms with Crippen molar-refractivity contribution in [2.24, 2.45) is 0 Å². The second-order valence-corrected chi connectivity index (χ2v) is 5.66. The molecule has 0 fully saturated rings. The Hall–Kier alpha value is -1.81. The molecule has 3 heterocycles. The molecule has 1 aliphatic rings. The van der Waals surface area contributed by atoms with Crippen LogP contribution in [0.3, 0.4) is 0 Å². The lowest BCUT2D eigenvalue weighted by atomic mass is 10.1. The van der Waals surface area contributed by atoms with Crippen LogP contribution in [0.2, 0.25) is 0 Å². The van der Waals surface area contributed by atoms with Gasteiger partial charge < -0.3 is 9.47 Å². The minimum absolute atomic E-state index is 0.0911. The summed E-state index contributed by atoms with van der Waals surface area (Å²) in [6.45, 7) is 3.74. The Bertz CT molecular complexity index is 597. The Balaban J connectivity index is 1.75. The summed E-state index contributed by atoms with van der Waals surface area (Å²) in [4.78, 5) is 15.3. The number of aromatic nitrogens is 1. The summed E-state index contributed by atoms with van der Waals surface area (Å²) in [7, 11) is 0. The lowest BCUT2D eigenvalue weighted by molar-refractivity contribution is -0.129. The molecule has 0 radical (unpaired) electrons. The smallest absolute Gasteiger partial charge is 0.247 e. The fourth-order valence-corrected chi connectivity index (χ4v) is 3.13. The minimum Gasteiger partial charge on any atom is -0.348 e. The first kappa shape index (κ1) is 12.2. The minimum atomic E-state index is 0.0911. The summed E-state index contributed by atoms with van der Waals surface area (Å²) in [6, 6.07) is 8.28. The molecule has 3 rings (SSSR count).